The third kappa shape index (κ3) is 2.58. The first kappa shape index (κ1) is 12.2. The van der Waals surface area contributed by atoms with Crippen molar-refractivity contribution in [1.29, 1.82) is 0 Å². The molecule has 1 rings (SSSR count). The van der Waals surface area contributed by atoms with E-state index in [9.17, 15) is 13.5 Å². The van der Waals surface area contributed by atoms with Crippen molar-refractivity contribution in [2.75, 3.05) is 0 Å². The third-order valence-electron chi connectivity index (χ3n) is 2.49. The number of aliphatic hydroxyl groups excluding tert-OH is 1. The van der Waals surface area contributed by atoms with Crippen molar-refractivity contribution in [2.24, 2.45) is 0 Å². The van der Waals surface area contributed by atoms with Crippen LogP contribution in [0.1, 0.15) is 19.4 Å². The molecule has 3 nitrogen and oxygen atoms in total. The van der Waals surface area contributed by atoms with Crippen molar-refractivity contribution in [3.63, 3.8) is 0 Å². The zero-order valence-corrected chi connectivity index (χ0v) is 9.95. The Hall–Kier alpha value is -0.870. The van der Waals surface area contributed by atoms with Crippen LogP contribution in [0.2, 0.25) is 0 Å². The summed E-state index contributed by atoms with van der Waals surface area (Å²) in [4.78, 5) is 0.274. The van der Waals surface area contributed by atoms with Crippen LogP contribution in [0.25, 0.3) is 0 Å². The molecule has 0 aliphatic carbocycles. The van der Waals surface area contributed by atoms with Crippen LogP contribution in [0, 0.1) is 6.92 Å². The molecule has 0 aromatic heterocycles. The number of rotatable bonds is 3. The van der Waals surface area contributed by atoms with Crippen LogP contribution in [0.15, 0.2) is 29.2 Å². The lowest BCUT2D eigenvalue weighted by molar-refractivity contribution is 0.193. The Morgan fingerprint density at radius 1 is 1.27 bits per heavy atom. The van der Waals surface area contributed by atoms with E-state index < -0.39 is 21.2 Å². The third-order valence-corrected chi connectivity index (χ3v) is 4.77. The lowest BCUT2D eigenvalue weighted by atomic mass is 10.2. The molecular weight excluding hydrogens is 212 g/mol. The Bertz CT molecular complexity index is 435. The molecule has 84 valence electrons. The van der Waals surface area contributed by atoms with Gasteiger partial charge in [-0.1, -0.05) is 12.1 Å². The molecule has 0 heterocycles. The summed E-state index contributed by atoms with van der Waals surface area (Å²) in [7, 11) is -3.41. The highest BCUT2D eigenvalue weighted by Gasteiger charge is 2.26. The Balaban J connectivity index is 3.17. The maximum atomic E-state index is 12.0. The van der Waals surface area contributed by atoms with Crippen LogP contribution < -0.4 is 0 Å². The zero-order chi connectivity index (χ0) is 11.6. The number of aryl methyl sites for hydroxylation is 1. The number of benzene rings is 1. The molecule has 1 N–H and O–H groups in total. The largest absolute Gasteiger partial charge is 0.392 e. The predicted octanol–water partition coefficient (Wildman–Crippen LogP) is 1.54. The maximum absolute atomic E-state index is 12.0. The van der Waals surface area contributed by atoms with Gasteiger partial charge >= 0.3 is 0 Å². The number of hydrogen-bond acceptors (Lipinski definition) is 3. The van der Waals surface area contributed by atoms with E-state index in [2.05, 4.69) is 0 Å². The fraction of sp³-hybridized carbons (Fsp3) is 0.455. The van der Waals surface area contributed by atoms with E-state index >= 15 is 0 Å². The van der Waals surface area contributed by atoms with E-state index in [0.29, 0.717) is 0 Å². The first-order valence-corrected chi connectivity index (χ1v) is 6.39. The average molecular weight is 228 g/mol. The number of aliphatic hydroxyl groups is 1. The average Bonchev–Trinajstić information content (AvgIpc) is 2.16. The number of hydrogen-bond donors (Lipinski definition) is 1. The van der Waals surface area contributed by atoms with Crippen molar-refractivity contribution in [3.8, 4) is 0 Å². The summed E-state index contributed by atoms with van der Waals surface area (Å²) in [6.07, 6.45) is -0.865. The van der Waals surface area contributed by atoms with Crippen LogP contribution in [-0.2, 0) is 9.84 Å². The normalized spacial score (nSPS) is 16.0. The molecule has 2 atom stereocenters. The first-order chi connectivity index (χ1) is 6.85. The van der Waals surface area contributed by atoms with Gasteiger partial charge in [0, 0.05) is 0 Å². The second-order valence-corrected chi connectivity index (χ2v) is 6.11. The van der Waals surface area contributed by atoms with Crippen LogP contribution in [0.5, 0.6) is 0 Å². The smallest absolute Gasteiger partial charge is 0.183 e. The fourth-order valence-electron chi connectivity index (χ4n) is 1.27. The minimum atomic E-state index is -3.41. The summed E-state index contributed by atoms with van der Waals surface area (Å²) in [5.41, 5.74) is 0.897. The molecule has 1 aromatic carbocycles. The number of sulfone groups is 1. The second-order valence-electron chi connectivity index (χ2n) is 3.81. The molecular formula is C11H16O3S. The van der Waals surface area contributed by atoms with Crippen LogP contribution >= 0.6 is 0 Å². The van der Waals surface area contributed by atoms with Crippen molar-refractivity contribution in [2.45, 2.75) is 37.0 Å². The summed E-state index contributed by atoms with van der Waals surface area (Å²) in [6, 6.07) is 6.72. The summed E-state index contributed by atoms with van der Waals surface area (Å²) >= 11 is 0. The Labute approximate surface area is 90.7 Å². The maximum Gasteiger partial charge on any atom is 0.183 e. The van der Waals surface area contributed by atoms with E-state index in [0.717, 1.165) is 5.56 Å². The molecule has 0 aliphatic heterocycles. The minimum absolute atomic E-state index is 0.274. The van der Waals surface area contributed by atoms with E-state index in [1.54, 1.807) is 18.2 Å². The van der Waals surface area contributed by atoms with E-state index in [1.165, 1.54) is 13.8 Å². The molecule has 1 aromatic rings. The first-order valence-electron chi connectivity index (χ1n) is 4.84. The van der Waals surface area contributed by atoms with Gasteiger partial charge in [0.2, 0.25) is 0 Å². The molecule has 0 saturated carbocycles. The highest BCUT2D eigenvalue weighted by molar-refractivity contribution is 7.92. The monoisotopic (exact) mass is 228 g/mol. The Morgan fingerprint density at radius 3 is 2.33 bits per heavy atom. The lowest BCUT2D eigenvalue weighted by Gasteiger charge is -2.15. The molecule has 0 aliphatic rings. The van der Waals surface area contributed by atoms with Gasteiger partial charge in [-0.3, -0.25) is 0 Å². The summed E-state index contributed by atoms with van der Waals surface area (Å²) in [5, 5.41) is 8.53. The topological polar surface area (TPSA) is 54.4 Å². The van der Waals surface area contributed by atoms with Crippen molar-refractivity contribution in [3.05, 3.63) is 29.8 Å². The van der Waals surface area contributed by atoms with Gasteiger partial charge in [-0.15, -0.1) is 0 Å². The molecule has 0 radical (unpaired) electrons. The molecule has 0 bridgehead atoms. The highest BCUT2D eigenvalue weighted by Crippen LogP contribution is 2.19. The zero-order valence-electron chi connectivity index (χ0n) is 9.14. The fourth-order valence-corrected chi connectivity index (χ4v) is 2.83. The lowest BCUT2D eigenvalue weighted by Crippen LogP contribution is -2.29. The van der Waals surface area contributed by atoms with Gasteiger partial charge in [0.05, 0.1) is 16.2 Å². The van der Waals surface area contributed by atoms with Gasteiger partial charge in [-0.2, -0.15) is 0 Å². The highest BCUT2D eigenvalue weighted by atomic mass is 32.2. The minimum Gasteiger partial charge on any atom is -0.392 e. The second kappa shape index (κ2) is 4.33. The Kier molecular flexibility index (Phi) is 3.52. The van der Waals surface area contributed by atoms with Crippen LogP contribution in [-0.4, -0.2) is 24.9 Å². The van der Waals surface area contributed by atoms with Gasteiger partial charge in [0.15, 0.2) is 9.84 Å². The van der Waals surface area contributed by atoms with Crippen molar-refractivity contribution in [1.82, 2.24) is 0 Å². The molecule has 2 unspecified atom stereocenters. The van der Waals surface area contributed by atoms with E-state index in [1.807, 2.05) is 13.0 Å². The van der Waals surface area contributed by atoms with Crippen molar-refractivity contribution >= 4 is 9.84 Å². The molecule has 0 saturated heterocycles. The van der Waals surface area contributed by atoms with Crippen LogP contribution in [0.3, 0.4) is 0 Å². The molecule has 4 heteroatoms. The van der Waals surface area contributed by atoms with Gasteiger partial charge in [0.25, 0.3) is 0 Å². The molecule has 0 fully saturated rings. The van der Waals surface area contributed by atoms with Crippen LogP contribution in [0.4, 0.5) is 0 Å². The molecule has 0 amide bonds. The predicted molar refractivity (Wildman–Crippen MR) is 59.5 cm³/mol. The SMILES string of the molecule is Cc1cccc(S(=O)(=O)C(C)C(C)O)c1. The van der Waals surface area contributed by atoms with Gasteiger partial charge in [0.1, 0.15) is 0 Å². The molecule has 0 spiro atoms. The van der Waals surface area contributed by atoms with Gasteiger partial charge in [-0.05, 0) is 38.5 Å². The summed E-state index contributed by atoms with van der Waals surface area (Å²) < 4.78 is 23.9. The molecule has 15 heavy (non-hydrogen) atoms. The summed E-state index contributed by atoms with van der Waals surface area (Å²) in [6.45, 7) is 4.84. The van der Waals surface area contributed by atoms with Crippen molar-refractivity contribution < 1.29 is 13.5 Å². The standard InChI is InChI=1S/C11H16O3S/c1-8-5-4-6-11(7-8)15(13,14)10(3)9(2)12/h4-7,9-10,12H,1-3H3. The summed E-state index contributed by atoms with van der Waals surface area (Å²) in [5.74, 6) is 0. The van der Waals surface area contributed by atoms with E-state index in [4.69, 9.17) is 0 Å². The van der Waals surface area contributed by atoms with Gasteiger partial charge in [-0.25, -0.2) is 8.42 Å². The quantitative estimate of drug-likeness (QED) is 0.853. The Morgan fingerprint density at radius 2 is 1.87 bits per heavy atom. The van der Waals surface area contributed by atoms with E-state index in [-0.39, 0.29) is 4.90 Å². The van der Waals surface area contributed by atoms with Gasteiger partial charge < -0.3 is 5.11 Å².